The molecule has 2 fully saturated rings. The summed E-state index contributed by atoms with van der Waals surface area (Å²) in [5.74, 6) is 1.66. The molecule has 1 aromatic rings. The Balaban J connectivity index is 1.62. The maximum atomic E-state index is 13.6. The zero-order valence-corrected chi connectivity index (χ0v) is 16.7. The van der Waals surface area contributed by atoms with Gasteiger partial charge in [-0.25, -0.2) is 11.0 Å². The lowest BCUT2D eigenvalue weighted by Crippen LogP contribution is -2.38. The number of nitrogens with zero attached hydrogens (tertiary/aromatic N) is 4. The minimum Gasteiger partial charge on any atom is -0.340 e. The highest BCUT2D eigenvalue weighted by Crippen LogP contribution is 2.58. The van der Waals surface area contributed by atoms with Gasteiger partial charge in [-0.05, 0) is 36.0 Å². The fourth-order valence-electron chi connectivity index (χ4n) is 4.80. The van der Waals surface area contributed by atoms with Crippen molar-refractivity contribution in [2.24, 2.45) is 16.7 Å². The van der Waals surface area contributed by atoms with Gasteiger partial charge in [0, 0.05) is 19.8 Å². The molecule has 4 atom stereocenters. The van der Waals surface area contributed by atoms with E-state index in [0.717, 1.165) is 31.5 Å². The van der Waals surface area contributed by atoms with Crippen molar-refractivity contribution < 1.29 is 13.7 Å². The quantitative estimate of drug-likeness (QED) is 0.730. The SMILES string of the molecule is [C-]#[N+][C@@H]1C[C@H](F)CN1C(=O)CC[C@@]1(C)CC[C@@H](Cc2noc(C)n2)C1(C)C. The van der Waals surface area contributed by atoms with Crippen LogP contribution in [0.1, 0.15) is 64.6 Å². The van der Waals surface area contributed by atoms with Gasteiger partial charge in [0.2, 0.25) is 11.8 Å². The van der Waals surface area contributed by atoms with Crippen LogP contribution >= 0.6 is 0 Å². The highest BCUT2D eigenvalue weighted by Gasteiger charge is 2.51. The Morgan fingerprint density at radius 2 is 2.19 bits per heavy atom. The first-order valence-electron chi connectivity index (χ1n) is 9.75. The molecule has 0 spiro atoms. The topological polar surface area (TPSA) is 63.6 Å². The minimum atomic E-state index is -1.07. The predicted molar refractivity (Wildman–Crippen MR) is 98.2 cm³/mol. The summed E-state index contributed by atoms with van der Waals surface area (Å²) in [5, 5.41) is 4.03. The predicted octanol–water partition coefficient (Wildman–Crippen LogP) is 3.96. The van der Waals surface area contributed by atoms with Gasteiger partial charge in [-0.15, -0.1) is 0 Å². The van der Waals surface area contributed by atoms with Crippen LogP contribution in [0.25, 0.3) is 4.85 Å². The van der Waals surface area contributed by atoms with Crippen LogP contribution in [0.5, 0.6) is 0 Å². The molecule has 1 saturated carbocycles. The van der Waals surface area contributed by atoms with Crippen LogP contribution in [0, 0.1) is 30.2 Å². The van der Waals surface area contributed by atoms with Crippen LogP contribution in [0.2, 0.25) is 0 Å². The largest absolute Gasteiger partial charge is 0.340 e. The maximum Gasteiger partial charge on any atom is 0.303 e. The Morgan fingerprint density at radius 1 is 1.44 bits per heavy atom. The zero-order chi connectivity index (χ0) is 19.8. The summed E-state index contributed by atoms with van der Waals surface area (Å²) in [7, 11) is 0. The first kappa shape index (κ1) is 19.8. The molecule has 2 aliphatic rings. The van der Waals surface area contributed by atoms with Gasteiger partial charge in [-0.1, -0.05) is 25.9 Å². The Hall–Kier alpha value is -1.97. The molecule has 1 amide bonds. The lowest BCUT2D eigenvalue weighted by molar-refractivity contribution is -0.132. The van der Waals surface area contributed by atoms with E-state index in [9.17, 15) is 9.18 Å². The molecular weight excluding hydrogens is 347 g/mol. The molecule has 7 heteroatoms. The van der Waals surface area contributed by atoms with E-state index in [1.165, 1.54) is 4.90 Å². The molecule has 3 rings (SSSR count). The third-order valence-electron chi connectivity index (χ3n) is 7.20. The number of aryl methyl sites for hydroxylation is 1. The lowest BCUT2D eigenvalue weighted by Gasteiger charge is -2.42. The van der Waals surface area contributed by atoms with Crippen molar-refractivity contribution in [1.82, 2.24) is 15.0 Å². The van der Waals surface area contributed by atoms with Gasteiger partial charge in [-0.2, -0.15) is 4.98 Å². The van der Waals surface area contributed by atoms with E-state index in [1.807, 2.05) is 0 Å². The van der Waals surface area contributed by atoms with Crippen molar-refractivity contribution in [3.63, 3.8) is 0 Å². The highest BCUT2D eigenvalue weighted by molar-refractivity contribution is 5.77. The van der Waals surface area contributed by atoms with Crippen LogP contribution in [0.4, 0.5) is 4.39 Å². The van der Waals surface area contributed by atoms with Gasteiger partial charge in [0.1, 0.15) is 6.17 Å². The summed E-state index contributed by atoms with van der Waals surface area (Å²) in [5.41, 5.74) is 0.0310. The monoisotopic (exact) mass is 376 g/mol. The number of likely N-dealkylation sites (tertiary alicyclic amines) is 1. The number of hydrogen-bond donors (Lipinski definition) is 0. The van der Waals surface area contributed by atoms with Crippen LogP contribution in [0.15, 0.2) is 4.52 Å². The number of aromatic nitrogens is 2. The number of amides is 1. The number of alkyl halides is 1. The van der Waals surface area contributed by atoms with Crippen molar-refractivity contribution in [3.8, 4) is 0 Å². The molecule has 0 aromatic carbocycles. The van der Waals surface area contributed by atoms with Gasteiger partial charge in [0.05, 0.1) is 13.0 Å². The van der Waals surface area contributed by atoms with E-state index < -0.39 is 12.3 Å². The third-order valence-corrected chi connectivity index (χ3v) is 7.20. The number of rotatable bonds is 5. The summed E-state index contributed by atoms with van der Waals surface area (Å²) in [6.07, 6.45) is 2.43. The smallest absolute Gasteiger partial charge is 0.303 e. The lowest BCUT2D eigenvalue weighted by atomic mass is 9.63. The number of carbonyl (C=O) groups excluding carboxylic acids is 1. The molecule has 1 aliphatic heterocycles. The number of halogens is 1. The third kappa shape index (κ3) is 3.71. The van der Waals surface area contributed by atoms with Crippen molar-refractivity contribution in [3.05, 3.63) is 23.1 Å². The van der Waals surface area contributed by atoms with Crippen molar-refractivity contribution in [2.75, 3.05) is 6.54 Å². The van der Waals surface area contributed by atoms with E-state index in [2.05, 4.69) is 35.8 Å². The normalized spacial score (nSPS) is 32.6. The summed E-state index contributed by atoms with van der Waals surface area (Å²) in [4.78, 5) is 21.8. The Morgan fingerprint density at radius 3 is 2.81 bits per heavy atom. The van der Waals surface area contributed by atoms with Gasteiger partial charge < -0.3 is 4.52 Å². The van der Waals surface area contributed by atoms with Gasteiger partial charge >= 0.3 is 6.17 Å². The summed E-state index contributed by atoms with van der Waals surface area (Å²) in [6.45, 7) is 15.8. The Bertz CT molecular complexity index is 741. The number of hydrogen-bond acceptors (Lipinski definition) is 4. The standard InChI is InChI=1S/C20H29FN4O2/c1-13-23-16(24-27-13)10-14-6-8-20(4,19(14,2)3)9-7-18(26)25-12-15(21)11-17(25)22-5/h14-15,17H,6-12H2,1-4H3/t14-,15-,17-,20+/m0/s1. The van der Waals surface area contributed by atoms with E-state index in [1.54, 1.807) is 6.92 Å². The van der Waals surface area contributed by atoms with E-state index in [0.29, 0.717) is 18.2 Å². The zero-order valence-electron chi connectivity index (χ0n) is 16.7. The van der Waals surface area contributed by atoms with Crippen LogP contribution in [0.3, 0.4) is 0 Å². The second kappa shape index (κ2) is 7.21. The van der Waals surface area contributed by atoms with E-state index in [-0.39, 0.29) is 29.7 Å². The van der Waals surface area contributed by atoms with Gasteiger partial charge in [0.25, 0.3) is 0 Å². The fraction of sp³-hybridized carbons (Fsp3) is 0.800. The van der Waals surface area contributed by atoms with Gasteiger partial charge in [0.15, 0.2) is 5.82 Å². The molecule has 0 N–H and O–H groups in total. The summed E-state index contributed by atoms with van der Waals surface area (Å²) in [6, 6.07) is 0. The van der Waals surface area contributed by atoms with Crippen molar-refractivity contribution >= 4 is 5.91 Å². The molecule has 2 heterocycles. The molecule has 6 nitrogen and oxygen atoms in total. The molecule has 1 saturated heterocycles. The molecule has 1 aromatic heterocycles. The second-order valence-corrected chi connectivity index (χ2v) is 8.94. The van der Waals surface area contributed by atoms with Crippen LogP contribution in [-0.4, -0.2) is 39.8 Å². The summed E-state index contributed by atoms with van der Waals surface area (Å²) >= 11 is 0. The molecule has 1 aliphatic carbocycles. The average Bonchev–Trinajstić information content (AvgIpc) is 3.26. The fourth-order valence-corrected chi connectivity index (χ4v) is 4.80. The average molecular weight is 376 g/mol. The second-order valence-electron chi connectivity index (χ2n) is 8.94. The van der Waals surface area contributed by atoms with Crippen molar-refractivity contribution in [2.45, 2.75) is 78.6 Å². The van der Waals surface area contributed by atoms with E-state index in [4.69, 9.17) is 11.1 Å². The summed E-state index contributed by atoms with van der Waals surface area (Å²) < 4.78 is 18.7. The van der Waals surface area contributed by atoms with Crippen LogP contribution in [-0.2, 0) is 11.2 Å². The molecule has 27 heavy (non-hydrogen) atoms. The molecule has 0 unspecified atom stereocenters. The highest BCUT2D eigenvalue weighted by atomic mass is 19.1. The van der Waals surface area contributed by atoms with Crippen molar-refractivity contribution in [1.29, 1.82) is 0 Å². The maximum absolute atomic E-state index is 13.6. The molecule has 0 radical (unpaired) electrons. The minimum absolute atomic E-state index is 0.00848. The molecule has 148 valence electrons. The molecular formula is C20H29FN4O2. The Labute approximate surface area is 160 Å². The van der Waals surface area contributed by atoms with Crippen LogP contribution < -0.4 is 0 Å². The Kier molecular flexibility index (Phi) is 5.29. The van der Waals surface area contributed by atoms with E-state index >= 15 is 0 Å². The van der Waals surface area contributed by atoms with Gasteiger partial charge in [-0.3, -0.25) is 14.5 Å². The number of carbonyl (C=O) groups is 1. The molecule has 0 bridgehead atoms. The first-order chi connectivity index (χ1) is 12.7. The first-order valence-corrected chi connectivity index (χ1v) is 9.75.